The second kappa shape index (κ2) is 12.0. The van der Waals surface area contributed by atoms with Gasteiger partial charge in [-0.25, -0.2) is 8.42 Å². The van der Waals surface area contributed by atoms with Gasteiger partial charge in [-0.1, -0.05) is 67.9 Å². The molecule has 0 unspecified atom stereocenters. The Balaban J connectivity index is 2.42. The van der Waals surface area contributed by atoms with Crippen molar-refractivity contribution >= 4 is 39.1 Å². The number of carbonyl (C=O) groups excluding carboxylic acids is 2. The summed E-state index contributed by atoms with van der Waals surface area (Å²) in [6.07, 6.45) is 2.16. The van der Waals surface area contributed by atoms with Crippen molar-refractivity contribution < 1.29 is 18.0 Å². The molecule has 2 atom stereocenters. The van der Waals surface area contributed by atoms with Gasteiger partial charge in [0.05, 0.1) is 17.0 Å². The predicted octanol–water partition coefficient (Wildman–Crippen LogP) is 3.83. The molecule has 0 saturated heterocycles. The molecule has 9 heteroatoms. The number of hydrogen-bond acceptors (Lipinski definition) is 4. The summed E-state index contributed by atoms with van der Waals surface area (Å²) in [6.45, 7) is 5.40. The number of para-hydroxylation sites is 1. The summed E-state index contributed by atoms with van der Waals surface area (Å²) in [5.41, 5.74) is 1.05. The Labute approximate surface area is 201 Å². The molecule has 0 saturated carbocycles. The van der Waals surface area contributed by atoms with E-state index in [9.17, 15) is 18.0 Å². The topological polar surface area (TPSA) is 86.8 Å². The number of carbonyl (C=O) groups is 2. The SMILES string of the molecule is CC[C@H](C(=O)N[C@@H](C)CC)N(Cc1ccccc1)C(=O)CN(c1ccccc1Cl)S(C)(=O)=O. The van der Waals surface area contributed by atoms with Gasteiger partial charge in [-0.15, -0.1) is 0 Å². The number of sulfonamides is 1. The van der Waals surface area contributed by atoms with E-state index >= 15 is 0 Å². The van der Waals surface area contributed by atoms with E-state index < -0.39 is 28.5 Å². The minimum absolute atomic E-state index is 0.0455. The van der Waals surface area contributed by atoms with Gasteiger partial charge >= 0.3 is 0 Å². The third-order valence-electron chi connectivity index (χ3n) is 5.38. The third kappa shape index (κ3) is 7.47. The molecule has 2 aromatic rings. The minimum Gasteiger partial charge on any atom is -0.352 e. The van der Waals surface area contributed by atoms with E-state index in [1.54, 1.807) is 24.3 Å². The maximum Gasteiger partial charge on any atom is 0.244 e. The summed E-state index contributed by atoms with van der Waals surface area (Å²) in [5.74, 6) is -0.755. The van der Waals surface area contributed by atoms with Crippen molar-refractivity contribution in [3.05, 3.63) is 65.2 Å². The first-order chi connectivity index (χ1) is 15.6. The molecule has 180 valence electrons. The molecular weight excluding hydrogens is 462 g/mol. The number of rotatable bonds is 11. The zero-order valence-corrected chi connectivity index (χ0v) is 21.1. The largest absolute Gasteiger partial charge is 0.352 e. The highest BCUT2D eigenvalue weighted by Crippen LogP contribution is 2.27. The van der Waals surface area contributed by atoms with Crippen molar-refractivity contribution in [3.8, 4) is 0 Å². The van der Waals surface area contributed by atoms with Crippen molar-refractivity contribution in [1.82, 2.24) is 10.2 Å². The molecule has 0 spiro atoms. The van der Waals surface area contributed by atoms with Gasteiger partial charge in [0.25, 0.3) is 0 Å². The number of benzene rings is 2. The first-order valence-electron chi connectivity index (χ1n) is 10.9. The van der Waals surface area contributed by atoms with Gasteiger partial charge in [0.15, 0.2) is 0 Å². The van der Waals surface area contributed by atoms with Crippen molar-refractivity contribution in [3.63, 3.8) is 0 Å². The van der Waals surface area contributed by atoms with Gasteiger partial charge in [-0.3, -0.25) is 13.9 Å². The van der Waals surface area contributed by atoms with E-state index in [0.717, 1.165) is 22.5 Å². The van der Waals surface area contributed by atoms with Crippen molar-refractivity contribution in [2.45, 2.75) is 52.2 Å². The molecule has 0 bridgehead atoms. The van der Waals surface area contributed by atoms with Crippen LogP contribution in [0, 0.1) is 0 Å². The van der Waals surface area contributed by atoms with E-state index in [1.165, 1.54) is 4.90 Å². The summed E-state index contributed by atoms with van der Waals surface area (Å²) in [5, 5.41) is 3.15. The lowest BCUT2D eigenvalue weighted by molar-refractivity contribution is -0.140. The first kappa shape index (κ1) is 26.7. The highest BCUT2D eigenvalue weighted by molar-refractivity contribution is 7.92. The maximum absolute atomic E-state index is 13.5. The van der Waals surface area contributed by atoms with Crippen LogP contribution in [0.2, 0.25) is 5.02 Å². The van der Waals surface area contributed by atoms with Crippen LogP contribution in [0.1, 0.15) is 39.2 Å². The molecule has 0 radical (unpaired) electrons. The normalized spacial score (nSPS) is 13.1. The number of nitrogens with zero attached hydrogens (tertiary/aromatic N) is 2. The van der Waals surface area contributed by atoms with Crippen LogP contribution in [0.15, 0.2) is 54.6 Å². The number of halogens is 1. The van der Waals surface area contributed by atoms with Gasteiger partial charge in [-0.2, -0.15) is 0 Å². The van der Waals surface area contributed by atoms with Crippen LogP contribution >= 0.6 is 11.6 Å². The average molecular weight is 494 g/mol. The third-order valence-corrected chi connectivity index (χ3v) is 6.83. The molecule has 2 rings (SSSR count). The standard InChI is InChI=1S/C24H32ClN3O4S/c1-5-18(3)26-24(30)21(6-2)27(16-19-12-8-7-9-13-19)23(29)17-28(33(4,31)32)22-15-11-10-14-20(22)25/h7-15,18,21H,5-6,16-17H2,1-4H3,(H,26,30)/t18-,21+/m0/s1. The van der Waals surface area contributed by atoms with Crippen LogP contribution in [0.5, 0.6) is 0 Å². The van der Waals surface area contributed by atoms with Crippen LogP contribution in [0.4, 0.5) is 5.69 Å². The fourth-order valence-electron chi connectivity index (χ4n) is 3.39. The Kier molecular flexibility index (Phi) is 9.73. The number of anilines is 1. The molecule has 2 amide bonds. The zero-order chi connectivity index (χ0) is 24.6. The lowest BCUT2D eigenvalue weighted by Gasteiger charge is -2.33. The van der Waals surface area contributed by atoms with Gasteiger partial charge in [0, 0.05) is 12.6 Å². The zero-order valence-electron chi connectivity index (χ0n) is 19.5. The maximum atomic E-state index is 13.5. The molecule has 1 N–H and O–H groups in total. The number of hydrogen-bond donors (Lipinski definition) is 1. The molecule has 7 nitrogen and oxygen atoms in total. The van der Waals surface area contributed by atoms with Crippen molar-refractivity contribution in [1.29, 1.82) is 0 Å². The summed E-state index contributed by atoms with van der Waals surface area (Å²) in [7, 11) is -3.82. The summed E-state index contributed by atoms with van der Waals surface area (Å²) >= 11 is 6.24. The Morgan fingerprint density at radius 2 is 1.61 bits per heavy atom. The highest BCUT2D eigenvalue weighted by atomic mass is 35.5. The summed E-state index contributed by atoms with van der Waals surface area (Å²) in [4.78, 5) is 28.0. The fraction of sp³-hybridized carbons (Fsp3) is 0.417. The van der Waals surface area contributed by atoms with Crippen molar-refractivity contribution in [2.75, 3.05) is 17.1 Å². The monoisotopic (exact) mass is 493 g/mol. The lowest BCUT2D eigenvalue weighted by atomic mass is 10.1. The summed E-state index contributed by atoms with van der Waals surface area (Å²) < 4.78 is 26.1. The van der Waals surface area contributed by atoms with Crippen LogP contribution < -0.4 is 9.62 Å². The fourth-order valence-corrected chi connectivity index (χ4v) is 4.54. The van der Waals surface area contributed by atoms with Crippen LogP contribution in [0.3, 0.4) is 0 Å². The van der Waals surface area contributed by atoms with E-state index in [2.05, 4.69) is 5.32 Å². The smallest absolute Gasteiger partial charge is 0.244 e. The van der Waals surface area contributed by atoms with Crippen LogP contribution in [0.25, 0.3) is 0 Å². The molecule has 33 heavy (non-hydrogen) atoms. The lowest BCUT2D eigenvalue weighted by Crippen LogP contribution is -2.53. The van der Waals surface area contributed by atoms with E-state index in [4.69, 9.17) is 11.6 Å². The molecule has 0 aliphatic rings. The Hall–Kier alpha value is -2.58. The molecular formula is C24H32ClN3O4S. The molecule has 0 aliphatic heterocycles. The molecule has 2 aromatic carbocycles. The van der Waals surface area contributed by atoms with Gasteiger partial charge in [-0.05, 0) is 37.5 Å². The van der Waals surface area contributed by atoms with Gasteiger partial charge in [0.1, 0.15) is 12.6 Å². The first-order valence-corrected chi connectivity index (χ1v) is 13.2. The van der Waals surface area contributed by atoms with Crippen molar-refractivity contribution in [2.24, 2.45) is 0 Å². The summed E-state index contributed by atoms with van der Waals surface area (Å²) in [6, 6.07) is 14.9. The van der Waals surface area contributed by atoms with E-state index in [0.29, 0.717) is 6.42 Å². The van der Waals surface area contributed by atoms with Gasteiger partial charge in [0.2, 0.25) is 21.8 Å². The average Bonchev–Trinajstić information content (AvgIpc) is 2.77. The predicted molar refractivity (Wildman–Crippen MR) is 133 cm³/mol. The number of nitrogens with one attached hydrogen (secondary N) is 1. The second-order valence-corrected chi connectivity index (χ2v) is 10.3. The second-order valence-electron chi connectivity index (χ2n) is 7.97. The molecule has 0 fully saturated rings. The van der Waals surface area contributed by atoms with Gasteiger partial charge < -0.3 is 10.2 Å². The van der Waals surface area contributed by atoms with Crippen LogP contribution in [-0.2, 0) is 26.2 Å². The minimum atomic E-state index is -3.82. The van der Waals surface area contributed by atoms with E-state index in [1.807, 2.05) is 51.1 Å². The Morgan fingerprint density at radius 1 is 1.00 bits per heavy atom. The molecule has 0 aromatic heterocycles. The van der Waals surface area contributed by atoms with Crippen LogP contribution in [-0.4, -0.2) is 50.0 Å². The quantitative estimate of drug-likeness (QED) is 0.515. The molecule has 0 aliphatic carbocycles. The Bertz CT molecular complexity index is 1050. The number of amides is 2. The molecule has 0 heterocycles. The Morgan fingerprint density at radius 3 is 2.15 bits per heavy atom. The van der Waals surface area contributed by atoms with E-state index in [-0.39, 0.29) is 29.2 Å². The highest BCUT2D eigenvalue weighted by Gasteiger charge is 2.32.